The minimum atomic E-state index is -0.659. The summed E-state index contributed by atoms with van der Waals surface area (Å²) in [6.45, 7) is 2.39. The van der Waals surface area contributed by atoms with Crippen LogP contribution < -0.4 is 9.47 Å². The zero-order valence-electron chi connectivity index (χ0n) is 68.5. The number of furan rings is 1. The second-order valence-corrected chi connectivity index (χ2v) is 33.4. The molecule has 0 fully saturated rings. The van der Waals surface area contributed by atoms with Crippen molar-refractivity contribution < 1.29 is 13.9 Å². The van der Waals surface area contributed by atoms with Gasteiger partial charge in [-0.15, -0.1) is 0 Å². The molecule has 2 aliphatic heterocycles. The van der Waals surface area contributed by atoms with Crippen molar-refractivity contribution in [1.82, 2.24) is 29.9 Å². The van der Waals surface area contributed by atoms with Crippen molar-refractivity contribution in [1.29, 1.82) is 0 Å². The predicted molar refractivity (Wildman–Crippen MR) is 506 cm³/mol. The molecular weight excluding hydrogens is 1540 g/mol. The van der Waals surface area contributed by atoms with Crippen molar-refractivity contribution in [2.75, 3.05) is 0 Å². The van der Waals surface area contributed by atoms with E-state index in [4.69, 9.17) is 43.8 Å². The molecule has 0 saturated carbocycles. The van der Waals surface area contributed by atoms with Crippen molar-refractivity contribution >= 4 is 27.5 Å². The topological polar surface area (TPSA) is 109 Å². The van der Waals surface area contributed by atoms with E-state index in [-0.39, 0.29) is 5.92 Å². The lowest BCUT2D eigenvalue weighted by Gasteiger charge is -2.43. The van der Waals surface area contributed by atoms with E-state index in [0.29, 0.717) is 34.9 Å². The summed E-state index contributed by atoms with van der Waals surface area (Å²) in [5.41, 5.74) is 32.8. The van der Waals surface area contributed by atoms with Crippen LogP contribution in [-0.2, 0) is 10.8 Å². The molecule has 126 heavy (non-hydrogen) atoms. The Hall–Kier alpha value is -16.4. The van der Waals surface area contributed by atoms with Crippen molar-refractivity contribution in [2.24, 2.45) is 5.92 Å². The van der Waals surface area contributed by atoms with E-state index in [1.807, 2.05) is 24.3 Å². The summed E-state index contributed by atoms with van der Waals surface area (Å²) in [7, 11) is 0. The molecule has 9 heteroatoms. The van der Waals surface area contributed by atoms with Gasteiger partial charge in [0.2, 0.25) is 0 Å². The van der Waals surface area contributed by atoms with E-state index >= 15 is 0 Å². The van der Waals surface area contributed by atoms with Crippen molar-refractivity contribution in [3.63, 3.8) is 0 Å². The predicted octanol–water partition coefficient (Wildman–Crippen LogP) is 29.2. The number of rotatable bonds is 12. The van der Waals surface area contributed by atoms with Crippen LogP contribution in [0.25, 0.3) is 174 Å². The van der Waals surface area contributed by atoms with Gasteiger partial charge in [0.05, 0.1) is 10.8 Å². The Morgan fingerprint density at radius 3 is 1.08 bits per heavy atom. The first kappa shape index (κ1) is 72.5. The average Bonchev–Trinajstić information content (AvgIpc) is 1.50. The quantitative estimate of drug-likeness (QED) is 0.118. The molecule has 3 aromatic heterocycles. The smallest absolute Gasteiger partial charge is 0.164 e. The first-order chi connectivity index (χ1) is 62.3. The van der Waals surface area contributed by atoms with Crippen LogP contribution in [0.5, 0.6) is 23.0 Å². The van der Waals surface area contributed by atoms with Crippen LogP contribution in [-0.4, -0.2) is 29.9 Å². The summed E-state index contributed by atoms with van der Waals surface area (Å²) >= 11 is 0. The maximum absolute atomic E-state index is 7.52. The molecule has 5 heterocycles. The summed E-state index contributed by atoms with van der Waals surface area (Å²) in [5.74, 6) is 6.89. The van der Waals surface area contributed by atoms with Gasteiger partial charge in [-0.05, 0) is 167 Å². The number of allylic oxidation sites excluding steroid dienone is 4. The summed E-state index contributed by atoms with van der Waals surface area (Å²) in [6.07, 6.45) is 5.63. The van der Waals surface area contributed by atoms with E-state index < -0.39 is 10.8 Å². The first-order valence-corrected chi connectivity index (χ1v) is 43.1. The Balaban J connectivity index is 0.580. The maximum atomic E-state index is 7.52. The second-order valence-electron chi connectivity index (χ2n) is 33.4. The normalized spacial score (nSPS) is 15.1. The van der Waals surface area contributed by atoms with Gasteiger partial charge in [0.25, 0.3) is 0 Å². The van der Waals surface area contributed by atoms with Crippen LogP contribution >= 0.6 is 0 Å². The van der Waals surface area contributed by atoms with Crippen molar-refractivity contribution in [2.45, 2.75) is 24.2 Å². The highest BCUT2D eigenvalue weighted by Gasteiger charge is 2.55. The van der Waals surface area contributed by atoms with E-state index in [2.05, 4.69) is 395 Å². The largest absolute Gasteiger partial charge is 0.457 e. The molecule has 25 rings (SSSR count). The van der Waals surface area contributed by atoms with E-state index in [1.54, 1.807) is 0 Å². The second kappa shape index (κ2) is 28.9. The molecule has 0 bridgehead atoms. The first-order valence-electron chi connectivity index (χ1n) is 43.1. The lowest BCUT2D eigenvalue weighted by molar-refractivity contribution is 0.425. The fourth-order valence-corrected chi connectivity index (χ4v) is 20.6. The van der Waals surface area contributed by atoms with Crippen LogP contribution in [0.1, 0.15) is 57.9 Å². The van der Waals surface area contributed by atoms with E-state index in [9.17, 15) is 0 Å². The molecule has 3 aliphatic carbocycles. The van der Waals surface area contributed by atoms with Crippen LogP contribution in [0.15, 0.2) is 423 Å². The van der Waals surface area contributed by atoms with Gasteiger partial charge in [-0.1, -0.05) is 371 Å². The molecule has 590 valence electrons. The highest BCUT2D eigenvalue weighted by atomic mass is 16.5. The highest BCUT2D eigenvalue weighted by Crippen LogP contribution is 2.66. The van der Waals surface area contributed by atoms with Gasteiger partial charge in [0, 0.05) is 72.0 Å². The van der Waals surface area contributed by atoms with Gasteiger partial charge in [0.15, 0.2) is 34.9 Å². The molecule has 2 atom stereocenters. The number of hydrogen-bond donors (Lipinski definition) is 0. The lowest BCUT2D eigenvalue weighted by Crippen LogP contribution is -2.35. The lowest BCUT2D eigenvalue weighted by atomic mass is 9.61. The van der Waals surface area contributed by atoms with Gasteiger partial charge in [-0.2, -0.15) is 0 Å². The molecule has 2 unspecified atom stereocenters. The molecule has 5 aliphatic rings. The summed E-state index contributed by atoms with van der Waals surface area (Å²) < 4.78 is 21.0. The zero-order valence-corrected chi connectivity index (χ0v) is 68.5. The third-order valence-electron chi connectivity index (χ3n) is 26.4. The number of para-hydroxylation sites is 3. The number of ether oxygens (including phenoxy) is 2. The third kappa shape index (κ3) is 11.5. The Bertz CT molecular complexity index is 7800. The van der Waals surface area contributed by atoms with Gasteiger partial charge >= 0.3 is 0 Å². The Labute approximate surface area is 728 Å². The van der Waals surface area contributed by atoms with Crippen LogP contribution in [0.4, 0.5) is 0 Å². The molecule has 20 aromatic rings. The van der Waals surface area contributed by atoms with Gasteiger partial charge < -0.3 is 13.9 Å². The van der Waals surface area contributed by atoms with E-state index in [0.717, 1.165) is 174 Å². The Morgan fingerprint density at radius 1 is 0.238 bits per heavy atom. The molecular formula is C117H74N6O3. The van der Waals surface area contributed by atoms with Crippen LogP contribution in [0.3, 0.4) is 0 Å². The Morgan fingerprint density at radius 2 is 0.563 bits per heavy atom. The number of hydrogen-bond acceptors (Lipinski definition) is 9. The van der Waals surface area contributed by atoms with E-state index in [1.165, 1.54) is 44.5 Å². The summed E-state index contributed by atoms with van der Waals surface area (Å²) in [6, 6.07) is 142. The minimum absolute atomic E-state index is 0.229. The monoisotopic (exact) mass is 1610 g/mol. The fraction of sp³-hybridized carbons (Fsp3) is 0.0427. The molecule has 9 nitrogen and oxygen atoms in total. The van der Waals surface area contributed by atoms with Gasteiger partial charge in [0.1, 0.15) is 34.2 Å². The number of aromatic nitrogens is 6. The van der Waals surface area contributed by atoms with Gasteiger partial charge in [-0.25, -0.2) is 29.9 Å². The Kier molecular flexibility index (Phi) is 16.6. The molecule has 0 radical (unpaired) electrons. The maximum Gasteiger partial charge on any atom is 0.164 e. The van der Waals surface area contributed by atoms with Crippen LogP contribution in [0, 0.1) is 5.92 Å². The van der Waals surface area contributed by atoms with Crippen molar-refractivity contribution in [3.8, 4) is 169 Å². The number of fused-ring (bicyclic) bond motifs is 20. The molecule has 0 amide bonds. The van der Waals surface area contributed by atoms with Gasteiger partial charge in [-0.3, -0.25) is 0 Å². The SMILES string of the molecule is CC1CC=CC2=C1C1(c3ccc(-c4ccc(-c5nc(-c6cccc(-c7ccccc7)c6)nc(-c6cccc(-c7ccccc7)c6)n5)cc4)cc3Oc3cc(-c4cccc(-c5nc(-c6ccc(-c7ccc8c(c7)Oc7ccccc7C87c8ccccc8-c8ccccc87)cc6)nc(-c6ccc(-c7cccc8c7oc7ccccc78)cc6)n5)c4)ccc31)c1ccccc12. The average molecular weight is 1610 g/mol. The highest BCUT2D eigenvalue weighted by molar-refractivity contribution is 6.10. The summed E-state index contributed by atoms with van der Waals surface area (Å²) in [4.78, 5) is 32.0. The zero-order chi connectivity index (χ0) is 83.1. The number of nitrogens with zero attached hydrogens (tertiary/aromatic N) is 6. The third-order valence-corrected chi connectivity index (χ3v) is 26.4. The summed E-state index contributed by atoms with van der Waals surface area (Å²) in [5, 5.41) is 2.16. The van der Waals surface area contributed by atoms with Crippen molar-refractivity contribution in [3.05, 3.63) is 463 Å². The minimum Gasteiger partial charge on any atom is -0.457 e. The standard InChI is InChI=1S/C117H74N6O3/c1-71-23-18-39-94-92-36-10-14-43-98(92)117(108(71)94)101-63-60-84(75-49-55-78(56-50-75)112-121-114(86-31-19-28-80(65-86)72-24-4-2-5-25-72)123-115(122-112)87-32-20-29-81(66-87)73-26-6-3-7-27-73)69-106(101)125-107-70-85(61-64-102(107)117)82-30-21-33-88(67-82)113-119-110(118-111(120-113)79-57-51-76(52-58-79)89-38-22-40-95-93-37-11-16-45-103(93)126-109(89)95)77-53-47-74(48-54-77)83-59-62-100-105(68-83)124-104-46-17-15-44-99(104)116(100)96-41-12-8-34-90(96)91-35-9-13-42-97(91)116/h2-22,24-71H,23H2,1H3. The molecule has 17 aromatic carbocycles. The molecule has 0 N–H and O–H groups in total. The molecule has 2 spiro atoms. The fourth-order valence-electron chi connectivity index (χ4n) is 20.6. The number of benzene rings is 17. The molecule has 0 saturated heterocycles. The van der Waals surface area contributed by atoms with Crippen LogP contribution in [0.2, 0.25) is 0 Å².